The molecule has 1 heterocycles. The number of anilines is 1. The molecule has 8 heteroatoms. The molecular formula is C25H25ClN2O4S. The SMILES string of the molecule is CC1(C)CC(NC(=O)CN(c2cccc(Cl)c2)S(=O)(=O)c2ccccc2)c2ccccc2O1. The highest BCUT2D eigenvalue weighted by Gasteiger charge is 2.35. The minimum atomic E-state index is -4.00. The van der Waals surface area contributed by atoms with Crippen LogP contribution in [0.1, 0.15) is 31.9 Å². The number of nitrogens with one attached hydrogen (secondary N) is 1. The van der Waals surface area contributed by atoms with Gasteiger partial charge < -0.3 is 10.1 Å². The Bertz CT molecular complexity index is 1260. The number of fused-ring (bicyclic) bond motifs is 1. The fourth-order valence-corrected chi connectivity index (χ4v) is 5.59. The van der Waals surface area contributed by atoms with Gasteiger partial charge in [-0.2, -0.15) is 0 Å². The van der Waals surface area contributed by atoms with Crippen LogP contribution in [0, 0.1) is 0 Å². The average Bonchev–Trinajstić information content (AvgIpc) is 2.77. The average molecular weight is 485 g/mol. The van der Waals surface area contributed by atoms with E-state index in [0.717, 1.165) is 9.87 Å². The molecule has 1 amide bonds. The molecule has 1 aliphatic heterocycles. The maximum atomic E-state index is 13.5. The van der Waals surface area contributed by atoms with Crippen LogP contribution in [0.25, 0.3) is 0 Å². The lowest BCUT2D eigenvalue weighted by Gasteiger charge is -2.38. The zero-order valence-corrected chi connectivity index (χ0v) is 19.9. The van der Waals surface area contributed by atoms with Crippen molar-refractivity contribution in [3.63, 3.8) is 0 Å². The summed E-state index contributed by atoms with van der Waals surface area (Å²) < 4.78 is 34.0. The molecule has 1 aliphatic rings. The van der Waals surface area contributed by atoms with Crippen molar-refractivity contribution < 1.29 is 17.9 Å². The second-order valence-electron chi connectivity index (χ2n) is 8.53. The zero-order valence-electron chi connectivity index (χ0n) is 18.4. The molecule has 4 rings (SSSR count). The zero-order chi connectivity index (χ0) is 23.6. The Hall–Kier alpha value is -3.03. The Morgan fingerprint density at radius 1 is 1.06 bits per heavy atom. The molecule has 1 N–H and O–H groups in total. The molecule has 1 unspecified atom stereocenters. The van der Waals surface area contributed by atoms with Crippen LogP contribution < -0.4 is 14.4 Å². The molecule has 0 fully saturated rings. The van der Waals surface area contributed by atoms with Gasteiger partial charge in [0.15, 0.2) is 0 Å². The summed E-state index contributed by atoms with van der Waals surface area (Å²) in [5.74, 6) is 0.287. The number of halogens is 1. The minimum Gasteiger partial charge on any atom is -0.487 e. The van der Waals surface area contributed by atoms with E-state index >= 15 is 0 Å². The molecule has 0 saturated carbocycles. The maximum Gasteiger partial charge on any atom is 0.264 e. The van der Waals surface area contributed by atoms with Crippen LogP contribution >= 0.6 is 11.6 Å². The molecule has 3 aromatic rings. The van der Waals surface area contributed by atoms with Crippen molar-refractivity contribution in [2.45, 2.75) is 36.8 Å². The molecular weight excluding hydrogens is 460 g/mol. The Balaban J connectivity index is 1.64. The number of nitrogens with zero attached hydrogens (tertiary/aromatic N) is 1. The lowest BCUT2D eigenvalue weighted by molar-refractivity contribution is -0.120. The van der Waals surface area contributed by atoms with Crippen LogP contribution in [0.3, 0.4) is 0 Å². The minimum absolute atomic E-state index is 0.0929. The van der Waals surface area contributed by atoms with E-state index in [0.29, 0.717) is 22.9 Å². The van der Waals surface area contributed by atoms with Crippen molar-refractivity contribution >= 4 is 33.2 Å². The summed E-state index contributed by atoms with van der Waals surface area (Å²) in [5, 5.41) is 3.39. The fourth-order valence-electron chi connectivity index (χ4n) is 3.97. The Kier molecular flexibility index (Phi) is 6.36. The summed E-state index contributed by atoms with van der Waals surface area (Å²) in [4.78, 5) is 13.3. The topological polar surface area (TPSA) is 75.7 Å². The number of ether oxygens (including phenoxy) is 1. The lowest BCUT2D eigenvalue weighted by atomic mass is 9.89. The standard InChI is InChI=1S/C25H25ClN2O4S/c1-25(2)16-22(21-13-6-7-14-23(21)32-25)27-24(29)17-28(19-10-8-9-18(26)15-19)33(30,31)20-11-4-3-5-12-20/h3-15,22H,16-17H2,1-2H3,(H,27,29). The number of amides is 1. The monoisotopic (exact) mass is 484 g/mol. The van der Waals surface area contributed by atoms with Gasteiger partial charge in [-0.05, 0) is 50.2 Å². The van der Waals surface area contributed by atoms with Gasteiger partial charge in [0.05, 0.1) is 16.6 Å². The van der Waals surface area contributed by atoms with Gasteiger partial charge in [0.1, 0.15) is 17.9 Å². The number of hydrogen-bond donors (Lipinski definition) is 1. The van der Waals surface area contributed by atoms with Gasteiger partial charge in [-0.3, -0.25) is 9.10 Å². The van der Waals surface area contributed by atoms with Crippen LogP contribution in [0.4, 0.5) is 5.69 Å². The number of hydrogen-bond acceptors (Lipinski definition) is 4. The lowest BCUT2D eigenvalue weighted by Crippen LogP contribution is -2.45. The summed E-state index contributed by atoms with van der Waals surface area (Å²) in [7, 11) is -4.00. The number of carbonyl (C=O) groups is 1. The first-order chi connectivity index (χ1) is 15.7. The van der Waals surface area contributed by atoms with Crippen molar-refractivity contribution in [1.82, 2.24) is 5.32 Å². The van der Waals surface area contributed by atoms with Gasteiger partial charge >= 0.3 is 0 Å². The van der Waals surface area contributed by atoms with Crippen LogP contribution in [-0.2, 0) is 14.8 Å². The molecule has 0 aliphatic carbocycles. The maximum absolute atomic E-state index is 13.5. The number of benzene rings is 3. The van der Waals surface area contributed by atoms with Gasteiger partial charge in [0.2, 0.25) is 5.91 Å². The van der Waals surface area contributed by atoms with E-state index < -0.39 is 28.1 Å². The van der Waals surface area contributed by atoms with E-state index in [9.17, 15) is 13.2 Å². The summed E-state index contributed by atoms with van der Waals surface area (Å²) >= 11 is 6.13. The predicted octanol–water partition coefficient (Wildman–Crippen LogP) is 4.95. The Labute approximate surface area is 199 Å². The molecule has 33 heavy (non-hydrogen) atoms. The van der Waals surface area contributed by atoms with Gasteiger partial charge in [-0.15, -0.1) is 0 Å². The molecule has 0 radical (unpaired) electrons. The second-order valence-corrected chi connectivity index (χ2v) is 10.8. The van der Waals surface area contributed by atoms with E-state index in [1.54, 1.807) is 36.4 Å². The smallest absolute Gasteiger partial charge is 0.264 e. The third-order valence-electron chi connectivity index (χ3n) is 5.43. The third-order valence-corrected chi connectivity index (χ3v) is 7.45. The van der Waals surface area contributed by atoms with Crippen LogP contribution in [0.2, 0.25) is 5.02 Å². The highest BCUT2D eigenvalue weighted by Crippen LogP contribution is 2.39. The first-order valence-electron chi connectivity index (χ1n) is 10.6. The molecule has 0 bridgehead atoms. The van der Waals surface area contributed by atoms with Crippen molar-refractivity contribution in [3.05, 3.63) is 89.4 Å². The van der Waals surface area contributed by atoms with Crippen molar-refractivity contribution in [2.75, 3.05) is 10.8 Å². The quantitative estimate of drug-likeness (QED) is 0.537. The second kappa shape index (κ2) is 9.08. The van der Waals surface area contributed by atoms with E-state index in [1.807, 2.05) is 38.1 Å². The summed E-state index contributed by atoms with van der Waals surface area (Å²) in [6.07, 6.45) is 0.554. The van der Waals surface area contributed by atoms with Gasteiger partial charge in [-0.25, -0.2) is 8.42 Å². The van der Waals surface area contributed by atoms with E-state index in [4.69, 9.17) is 16.3 Å². The summed E-state index contributed by atoms with van der Waals surface area (Å²) in [6.45, 7) is 3.53. The largest absolute Gasteiger partial charge is 0.487 e. The van der Waals surface area contributed by atoms with Crippen molar-refractivity contribution in [3.8, 4) is 5.75 Å². The van der Waals surface area contributed by atoms with Crippen LogP contribution in [-0.4, -0.2) is 26.5 Å². The summed E-state index contributed by atoms with van der Waals surface area (Å²) in [6, 6.07) is 21.7. The molecule has 0 spiro atoms. The molecule has 3 aromatic carbocycles. The molecule has 1 atom stereocenters. The molecule has 6 nitrogen and oxygen atoms in total. The van der Waals surface area contributed by atoms with Crippen LogP contribution in [0.15, 0.2) is 83.8 Å². The van der Waals surface area contributed by atoms with Crippen molar-refractivity contribution in [2.24, 2.45) is 0 Å². The number of rotatable bonds is 6. The van der Waals surface area contributed by atoms with Crippen LogP contribution in [0.5, 0.6) is 5.75 Å². The number of sulfonamides is 1. The van der Waals surface area contributed by atoms with E-state index in [1.165, 1.54) is 18.2 Å². The molecule has 172 valence electrons. The predicted molar refractivity (Wildman–Crippen MR) is 129 cm³/mol. The van der Waals surface area contributed by atoms with E-state index in [2.05, 4.69) is 5.32 Å². The van der Waals surface area contributed by atoms with Crippen molar-refractivity contribution in [1.29, 1.82) is 0 Å². The first-order valence-corrected chi connectivity index (χ1v) is 12.4. The molecule has 0 aromatic heterocycles. The Morgan fingerprint density at radius 3 is 2.48 bits per heavy atom. The fraction of sp³-hybridized carbons (Fsp3) is 0.240. The number of para-hydroxylation sites is 1. The first kappa shape index (κ1) is 23.1. The third kappa shape index (κ3) is 5.15. The Morgan fingerprint density at radius 2 is 1.76 bits per heavy atom. The van der Waals surface area contributed by atoms with E-state index in [-0.39, 0.29) is 10.9 Å². The van der Waals surface area contributed by atoms with Gasteiger partial charge in [0, 0.05) is 17.0 Å². The van der Waals surface area contributed by atoms with Gasteiger partial charge in [0.25, 0.3) is 10.0 Å². The highest BCUT2D eigenvalue weighted by molar-refractivity contribution is 7.92. The molecule has 0 saturated heterocycles. The normalized spacial score (nSPS) is 16.9. The van der Waals surface area contributed by atoms with Gasteiger partial charge in [-0.1, -0.05) is 54.1 Å². The summed E-state index contributed by atoms with van der Waals surface area (Å²) in [5.41, 5.74) is 0.703. The highest BCUT2D eigenvalue weighted by atomic mass is 35.5. The number of carbonyl (C=O) groups excluding carboxylic acids is 1.